The number of carbonyl (C=O) groups excluding carboxylic acids is 1. The van der Waals surface area contributed by atoms with E-state index in [0.717, 1.165) is 17.7 Å². The third-order valence-corrected chi connectivity index (χ3v) is 3.21. The molecule has 3 atom stereocenters. The van der Waals surface area contributed by atoms with Crippen molar-refractivity contribution < 1.29 is 9.90 Å². The summed E-state index contributed by atoms with van der Waals surface area (Å²) in [6.45, 7) is 5.48. The monoisotopic (exact) mass is 286 g/mol. The van der Waals surface area contributed by atoms with Crippen LogP contribution in [0.4, 0.5) is 5.69 Å². The molecule has 0 bridgehead atoms. The van der Waals surface area contributed by atoms with Crippen molar-refractivity contribution in [3.8, 4) is 0 Å². The molecule has 1 rings (SSSR count). The molecule has 1 aromatic rings. The van der Waals surface area contributed by atoms with Crippen molar-refractivity contribution >= 4 is 24.0 Å². The largest absolute Gasteiger partial charge is 0.391 e. The predicted molar refractivity (Wildman–Crippen MR) is 80.4 cm³/mol. The second-order valence-corrected chi connectivity index (χ2v) is 4.71. The third kappa shape index (κ3) is 5.19. The maximum absolute atomic E-state index is 10.9. The lowest BCUT2D eigenvalue weighted by Crippen LogP contribution is -2.31. The van der Waals surface area contributed by atoms with E-state index in [1.807, 2.05) is 26.0 Å². The molecule has 19 heavy (non-hydrogen) atoms. The number of amides is 1. The minimum absolute atomic E-state index is 0. The first kappa shape index (κ1) is 17.9. The molecular weight excluding hydrogens is 264 g/mol. The topological polar surface area (TPSA) is 75.3 Å². The normalized spacial score (nSPS) is 15.0. The zero-order valence-corrected chi connectivity index (χ0v) is 12.4. The molecule has 0 aromatic heterocycles. The summed E-state index contributed by atoms with van der Waals surface area (Å²) < 4.78 is 0. The average Bonchev–Trinajstić information content (AvgIpc) is 2.36. The van der Waals surface area contributed by atoms with Crippen LogP contribution >= 0.6 is 12.4 Å². The van der Waals surface area contributed by atoms with Crippen molar-refractivity contribution in [2.45, 2.75) is 39.3 Å². The van der Waals surface area contributed by atoms with E-state index in [9.17, 15) is 9.90 Å². The van der Waals surface area contributed by atoms with Gasteiger partial charge in [-0.2, -0.15) is 0 Å². The van der Waals surface area contributed by atoms with Crippen LogP contribution in [-0.2, 0) is 4.79 Å². The Hall–Kier alpha value is -1.10. The van der Waals surface area contributed by atoms with Crippen molar-refractivity contribution in [3.05, 3.63) is 29.8 Å². The lowest BCUT2D eigenvalue weighted by atomic mass is 9.91. The molecule has 4 nitrogen and oxygen atoms in total. The lowest BCUT2D eigenvalue weighted by Gasteiger charge is -2.24. The molecule has 1 amide bonds. The fraction of sp³-hybridized carbons (Fsp3) is 0.500. The van der Waals surface area contributed by atoms with E-state index in [-0.39, 0.29) is 24.2 Å². The maximum Gasteiger partial charge on any atom is 0.221 e. The molecule has 0 radical (unpaired) electrons. The molecule has 1 aromatic carbocycles. The minimum Gasteiger partial charge on any atom is -0.391 e. The number of halogens is 1. The van der Waals surface area contributed by atoms with Crippen LogP contribution < -0.4 is 11.1 Å². The van der Waals surface area contributed by atoms with Gasteiger partial charge in [0, 0.05) is 12.6 Å². The molecule has 0 spiro atoms. The highest BCUT2D eigenvalue weighted by molar-refractivity contribution is 5.88. The Morgan fingerprint density at radius 1 is 1.37 bits per heavy atom. The number of aliphatic hydroxyl groups excluding tert-OH is 1. The van der Waals surface area contributed by atoms with Crippen LogP contribution in [0, 0.1) is 5.92 Å². The molecule has 0 heterocycles. The lowest BCUT2D eigenvalue weighted by molar-refractivity contribution is -0.114. The van der Waals surface area contributed by atoms with Crippen molar-refractivity contribution in [1.29, 1.82) is 0 Å². The number of hydrogen-bond donors (Lipinski definition) is 3. The second kappa shape index (κ2) is 8.15. The number of rotatable bonds is 5. The van der Waals surface area contributed by atoms with Crippen molar-refractivity contribution in [2.24, 2.45) is 11.7 Å². The summed E-state index contributed by atoms with van der Waals surface area (Å²) in [4.78, 5) is 10.9. The number of aliphatic hydroxyl groups is 1. The Balaban J connectivity index is 0.00000324. The molecule has 0 saturated carbocycles. The second-order valence-electron chi connectivity index (χ2n) is 4.71. The maximum atomic E-state index is 10.9. The summed E-state index contributed by atoms with van der Waals surface area (Å²) in [5.41, 5.74) is 7.63. The number of carbonyl (C=O) groups is 1. The van der Waals surface area contributed by atoms with E-state index in [1.54, 1.807) is 12.1 Å². The number of benzene rings is 1. The van der Waals surface area contributed by atoms with Gasteiger partial charge in [0.25, 0.3) is 0 Å². The van der Waals surface area contributed by atoms with Crippen LogP contribution in [0.3, 0.4) is 0 Å². The highest BCUT2D eigenvalue weighted by Gasteiger charge is 2.21. The summed E-state index contributed by atoms with van der Waals surface area (Å²) in [5.74, 6) is 0.0571. The highest BCUT2D eigenvalue weighted by Crippen LogP contribution is 2.22. The number of hydrogen-bond acceptors (Lipinski definition) is 3. The molecule has 5 heteroatoms. The Morgan fingerprint density at radius 3 is 2.32 bits per heavy atom. The van der Waals surface area contributed by atoms with Crippen molar-refractivity contribution in [2.75, 3.05) is 5.32 Å². The first-order valence-corrected chi connectivity index (χ1v) is 6.27. The van der Waals surface area contributed by atoms with Crippen LogP contribution in [-0.4, -0.2) is 17.1 Å². The van der Waals surface area contributed by atoms with Gasteiger partial charge in [0.2, 0.25) is 5.91 Å². The predicted octanol–water partition coefficient (Wildman–Crippen LogP) is 2.47. The smallest absolute Gasteiger partial charge is 0.221 e. The van der Waals surface area contributed by atoms with Gasteiger partial charge in [-0.15, -0.1) is 12.4 Å². The third-order valence-electron chi connectivity index (χ3n) is 3.21. The van der Waals surface area contributed by atoms with Crippen molar-refractivity contribution in [3.63, 3.8) is 0 Å². The van der Waals surface area contributed by atoms with Crippen LogP contribution in [0.15, 0.2) is 24.3 Å². The summed E-state index contributed by atoms with van der Waals surface area (Å²) in [5, 5.41) is 12.8. The molecule has 108 valence electrons. The van der Waals surface area contributed by atoms with Crippen LogP contribution in [0.2, 0.25) is 0 Å². The van der Waals surface area contributed by atoms with Crippen LogP contribution in [0.1, 0.15) is 38.8 Å². The Morgan fingerprint density at radius 2 is 1.89 bits per heavy atom. The molecule has 0 aliphatic rings. The van der Waals surface area contributed by atoms with E-state index in [2.05, 4.69) is 5.32 Å². The van der Waals surface area contributed by atoms with Gasteiger partial charge in [-0.3, -0.25) is 4.79 Å². The molecule has 4 N–H and O–H groups in total. The molecule has 0 fully saturated rings. The Labute approximate surface area is 120 Å². The average molecular weight is 287 g/mol. The van der Waals surface area contributed by atoms with Crippen molar-refractivity contribution in [1.82, 2.24) is 0 Å². The van der Waals surface area contributed by atoms with Gasteiger partial charge in [0.1, 0.15) is 0 Å². The van der Waals surface area contributed by atoms with E-state index < -0.39 is 12.1 Å². The first-order chi connectivity index (χ1) is 8.45. The summed E-state index contributed by atoms with van der Waals surface area (Å²) in [6, 6.07) is 6.86. The van der Waals surface area contributed by atoms with Gasteiger partial charge < -0.3 is 16.2 Å². The zero-order valence-electron chi connectivity index (χ0n) is 11.6. The highest BCUT2D eigenvalue weighted by atomic mass is 35.5. The molecular formula is C14H23ClN2O2. The van der Waals surface area contributed by atoms with Crippen LogP contribution in [0.25, 0.3) is 0 Å². The van der Waals surface area contributed by atoms with Gasteiger partial charge in [0.05, 0.1) is 12.1 Å². The van der Waals surface area contributed by atoms with Gasteiger partial charge in [-0.25, -0.2) is 0 Å². The van der Waals surface area contributed by atoms with E-state index >= 15 is 0 Å². The summed E-state index contributed by atoms with van der Waals surface area (Å²) in [6.07, 6.45) is 0.334. The van der Waals surface area contributed by atoms with Gasteiger partial charge >= 0.3 is 0 Å². The molecule has 1 unspecified atom stereocenters. The quantitative estimate of drug-likeness (QED) is 0.778. The Kier molecular flexibility index (Phi) is 7.68. The van der Waals surface area contributed by atoms with Crippen LogP contribution in [0.5, 0.6) is 0 Å². The number of nitrogens with two attached hydrogens (primary N) is 1. The SMILES string of the molecule is CCC(C)[C@H](O)[C@H](N)c1ccc(NC(C)=O)cc1.Cl. The molecule has 0 aliphatic carbocycles. The Bertz CT molecular complexity index is 395. The molecule has 0 saturated heterocycles. The van der Waals surface area contributed by atoms with E-state index in [1.165, 1.54) is 6.92 Å². The van der Waals surface area contributed by atoms with E-state index in [4.69, 9.17) is 5.73 Å². The fourth-order valence-electron chi connectivity index (χ4n) is 1.78. The van der Waals surface area contributed by atoms with Gasteiger partial charge in [0.15, 0.2) is 0 Å². The van der Waals surface area contributed by atoms with Gasteiger partial charge in [-0.1, -0.05) is 32.4 Å². The number of nitrogens with one attached hydrogen (secondary N) is 1. The fourth-order valence-corrected chi connectivity index (χ4v) is 1.78. The standard InChI is InChI=1S/C14H22N2O2.ClH/c1-4-9(2)14(18)13(15)11-5-7-12(8-6-11)16-10(3)17;/h5-9,13-14,18H,4,15H2,1-3H3,(H,16,17);1H/t9?,13-,14+;/m1./s1. The summed E-state index contributed by atoms with van der Waals surface area (Å²) in [7, 11) is 0. The minimum atomic E-state index is -0.554. The van der Waals surface area contributed by atoms with E-state index in [0.29, 0.717) is 0 Å². The number of anilines is 1. The summed E-state index contributed by atoms with van der Waals surface area (Å²) >= 11 is 0. The zero-order chi connectivity index (χ0) is 13.7. The first-order valence-electron chi connectivity index (χ1n) is 6.27. The molecule has 0 aliphatic heterocycles. The van der Waals surface area contributed by atoms with Gasteiger partial charge in [-0.05, 0) is 23.6 Å².